The van der Waals surface area contributed by atoms with Gasteiger partial charge in [0.15, 0.2) is 5.13 Å². The third-order valence-electron chi connectivity index (χ3n) is 4.64. The van der Waals surface area contributed by atoms with Crippen molar-refractivity contribution >= 4 is 33.1 Å². The number of nitrogens with one attached hydrogen (secondary N) is 1. The van der Waals surface area contributed by atoms with Gasteiger partial charge in [-0.25, -0.2) is 4.98 Å². The predicted octanol–water partition coefficient (Wildman–Crippen LogP) is 4.11. The molecule has 128 valence electrons. The lowest BCUT2D eigenvalue weighted by Crippen LogP contribution is -2.40. The lowest BCUT2D eigenvalue weighted by molar-refractivity contribution is -0.131. The second-order valence-corrected chi connectivity index (χ2v) is 7.67. The molecule has 1 amide bonds. The third kappa shape index (κ3) is 3.27. The van der Waals surface area contributed by atoms with E-state index in [1.807, 2.05) is 25.4 Å². The largest absolute Gasteiger partial charge is 0.380 e. The molecule has 1 unspecified atom stereocenters. The van der Waals surface area contributed by atoms with Crippen LogP contribution < -0.4 is 5.32 Å². The van der Waals surface area contributed by atoms with E-state index in [2.05, 4.69) is 33.5 Å². The fourth-order valence-corrected chi connectivity index (χ4v) is 3.87. The number of aromatic nitrogens is 2. The van der Waals surface area contributed by atoms with Crippen LogP contribution in [0.3, 0.4) is 0 Å². The van der Waals surface area contributed by atoms with E-state index in [4.69, 9.17) is 4.74 Å². The Morgan fingerprint density at radius 1 is 1.28 bits per heavy atom. The van der Waals surface area contributed by atoms with Gasteiger partial charge in [0.25, 0.3) is 0 Å². The predicted molar refractivity (Wildman–Crippen MR) is 99.6 cm³/mol. The van der Waals surface area contributed by atoms with Crippen molar-refractivity contribution in [2.75, 3.05) is 18.5 Å². The molecule has 25 heavy (non-hydrogen) atoms. The highest BCUT2D eigenvalue weighted by atomic mass is 32.1. The molecule has 1 aliphatic rings. The summed E-state index contributed by atoms with van der Waals surface area (Å²) < 4.78 is 5.48. The van der Waals surface area contributed by atoms with Crippen molar-refractivity contribution in [3.63, 3.8) is 0 Å². The molecule has 4 rings (SSSR count). The van der Waals surface area contributed by atoms with E-state index in [1.54, 1.807) is 6.20 Å². The molecule has 1 N–H and O–H groups in total. The highest BCUT2D eigenvalue weighted by molar-refractivity contribution is 7.19. The minimum absolute atomic E-state index is 0.0160. The zero-order chi connectivity index (χ0) is 17.3. The Kier molecular flexibility index (Phi) is 4.23. The summed E-state index contributed by atoms with van der Waals surface area (Å²) in [6.07, 6.45) is 7.21. The summed E-state index contributed by atoms with van der Waals surface area (Å²) in [4.78, 5) is 22.1. The number of hydrogen-bond donors (Lipinski definition) is 1. The van der Waals surface area contributed by atoms with Gasteiger partial charge in [0, 0.05) is 30.6 Å². The summed E-state index contributed by atoms with van der Waals surface area (Å²) in [7, 11) is 0. The maximum atomic E-state index is 12.6. The Morgan fingerprint density at radius 2 is 2.20 bits per heavy atom. The standard InChI is InChI=1S/C19H19N3O2S/c1-19(6-2-8-24-12-19)17(23)22-18-21-11-16(25-18)14-3-4-15-10-20-7-5-13(15)9-14/h3-5,7,9-11H,2,6,8,12H2,1H3,(H,21,22,23). The highest BCUT2D eigenvalue weighted by Gasteiger charge is 2.35. The normalized spacial score (nSPS) is 20.5. The highest BCUT2D eigenvalue weighted by Crippen LogP contribution is 2.33. The van der Waals surface area contributed by atoms with Crippen LogP contribution in [-0.2, 0) is 9.53 Å². The number of thiazole rings is 1. The molecule has 0 bridgehead atoms. The van der Waals surface area contributed by atoms with Crippen molar-refractivity contribution < 1.29 is 9.53 Å². The molecule has 1 aromatic carbocycles. The molecule has 0 saturated carbocycles. The summed E-state index contributed by atoms with van der Waals surface area (Å²) in [6, 6.07) is 8.22. The minimum Gasteiger partial charge on any atom is -0.380 e. The molecule has 1 aliphatic heterocycles. The first-order valence-corrected chi connectivity index (χ1v) is 9.15. The summed E-state index contributed by atoms with van der Waals surface area (Å²) in [5.41, 5.74) is 0.615. The lowest BCUT2D eigenvalue weighted by Gasteiger charge is -2.31. The Bertz CT molecular complexity index is 916. The molecule has 0 aliphatic carbocycles. The molecule has 3 aromatic rings. The van der Waals surface area contributed by atoms with Crippen LogP contribution in [0.4, 0.5) is 5.13 Å². The van der Waals surface area contributed by atoms with Gasteiger partial charge in [-0.05, 0) is 42.8 Å². The first kappa shape index (κ1) is 16.2. The van der Waals surface area contributed by atoms with Crippen molar-refractivity contribution in [3.05, 3.63) is 42.9 Å². The summed E-state index contributed by atoms with van der Waals surface area (Å²) in [6.45, 7) is 3.16. The Labute approximate surface area is 150 Å². The van der Waals surface area contributed by atoms with E-state index in [0.717, 1.165) is 40.7 Å². The maximum absolute atomic E-state index is 12.6. The van der Waals surface area contributed by atoms with Crippen molar-refractivity contribution in [1.29, 1.82) is 0 Å². The zero-order valence-corrected chi connectivity index (χ0v) is 14.8. The quantitative estimate of drug-likeness (QED) is 0.769. The zero-order valence-electron chi connectivity index (χ0n) is 14.0. The van der Waals surface area contributed by atoms with Crippen LogP contribution in [0.5, 0.6) is 0 Å². The number of rotatable bonds is 3. The van der Waals surface area contributed by atoms with Gasteiger partial charge in [0.2, 0.25) is 5.91 Å². The van der Waals surface area contributed by atoms with Crippen LogP contribution in [0, 0.1) is 5.41 Å². The molecular weight excluding hydrogens is 334 g/mol. The summed E-state index contributed by atoms with van der Waals surface area (Å²) in [5, 5.41) is 5.83. The van der Waals surface area contributed by atoms with Crippen molar-refractivity contribution in [2.45, 2.75) is 19.8 Å². The molecule has 0 spiro atoms. The second kappa shape index (κ2) is 6.54. The Balaban J connectivity index is 1.54. The van der Waals surface area contributed by atoms with Crippen LogP contribution in [0.2, 0.25) is 0 Å². The first-order valence-electron chi connectivity index (χ1n) is 8.33. The molecule has 2 aromatic heterocycles. The van der Waals surface area contributed by atoms with Gasteiger partial charge >= 0.3 is 0 Å². The van der Waals surface area contributed by atoms with Crippen LogP contribution >= 0.6 is 11.3 Å². The van der Waals surface area contributed by atoms with E-state index >= 15 is 0 Å². The van der Waals surface area contributed by atoms with Crippen LogP contribution in [-0.4, -0.2) is 29.1 Å². The topological polar surface area (TPSA) is 64.1 Å². The van der Waals surface area contributed by atoms with Crippen LogP contribution in [0.1, 0.15) is 19.8 Å². The molecule has 1 atom stereocenters. The fraction of sp³-hybridized carbons (Fsp3) is 0.316. The average molecular weight is 353 g/mol. The van der Waals surface area contributed by atoms with E-state index in [1.165, 1.54) is 11.3 Å². The van der Waals surface area contributed by atoms with Crippen LogP contribution in [0.25, 0.3) is 21.2 Å². The van der Waals surface area contributed by atoms with Crippen molar-refractivity contribution in [1.82, 2.24) is 9.97 Å². The average Bonchev–Trinajstić information content (AvgIpc) is 3.10. The number of ether oxygens (including phenoxy) is 1. The summed E-state index contributed by atoms with van der Waals surface area (Å²) in [5.74, 6) is -0.0160. The number of carbonyl (C=O) groups excluding carboxylic acids is 1. The van der Waals surface area contributed by atoms with Crippen molar-refractivity contribution in [3.8, 4) is 10.4 Å². The van der Waals surface area contributed by atoms with Gasteiger partial charge in [-0.15, -0.1) is 0 Å². The fourth-order valence-electron chi connectivity index (χ4n) is 3.06. The molecule has 5 nitrogen and oxygen atoms in total. The van der Waals surface area contributed by atoms with Crippen molar-refractivity contribution in [2.24, 2.45) is 5.41 Å². The Hall–Kier alpha value is -2.31. The van der Waals surface area contributed by atoms with E-state index in [0.29, 0.717) is 11.7 Å². The number of amides is 1. The second-order valence-electron chi connectivity index (χ2n) is 6.64. The van der Waals surface area contributed by atoms with Gasteiger partial charge in [-0.2, -0.15) is 0 Å². The molecule has 3 heterocycles. The van der Waals surface area contributed by atoms with Gasteiger partial charge in [-0.1, -0.05) is 23.5 Å². The minimum atomic E-state index is -0.472. The number of pyridine rings is 1. The van der Waals surface area contributed by atoms with E-state index in [-0.39, 0.29) is 5.91 Å². The molecule has 0 radical (unpaired) electrons. The van der Waals surface area contributed by atoms with Gasteiger partial charge in [0.1, 0.15) is 0 Å². The Morgan fingerprint density at radius 3 is 3.04 bits per heavy atom. The third-order valence-corrected chi connectivity index (χ3v) is 5.60. The lowest BCUT2D eigenvalue weighted by atomic mass is 9.84. The van der Waals surface area contributed by atoms with Crippen LogP contribution in [0.15, 0.2) is 42.9 Å². The number of anilines is 1. The van der Waals surface area contributed by atoms with E-state index in [9.17, 15) is 4.79 Å². The summed E-state index contributed by atoms with van der Waals surface area (Å²) >= 11 is 1.49. The molecule has 1 saturated heterocycles. The molecular formula is C19H19N3O2S. The maximum Gasteiger partial charge on any atom is 0.234 e. The van der Waals surface area contributed by atoms with Gasteiger partial charge in [-0.3, -0.25) is 9.78 Å². The van der Waals surface area contributed by atoms with Gasteiger partial charge < -0.3 is 10.1 Å². The number of hydrogen-bond acceptors (Lipinski definition) is 5. The number of nitrogens with zero attached hydrogens (tertiary/aromatic N) is 2. The number of fused-ring (bicyclic) bond motifs is 1. The SMILES string of the molecule is CC1(C(=O)Nc2ncc(-c3ccc4cnccc4c3)s2)CCCOC1. The number of carbonyl (C=O) groups is 1. The monoisotopic (exact) mass is 353 g/mol. The van der Waals surface area contributed by atoms with Gasteiger partial charge in [0.05, 0.1) is 16.9 Å². The molecule has 1 fully saturated rings. The van der Waals surface area contributed by atoms with E-state index < -0.39 is 5.41 Å². The smallest absolute Gasteiger partial charge is 0.234 e. The first-order chi connectivity index (χ1) is 12.1. The molecule has 6 heteroatoms. The number of benzene rings is 1.